The van der Waals surface area contributed by atoms with E-state index in [2.05, 4.69) is 10.4 Å². The highest BCUT2D eigenvalue weighted by Gasteiger charge is 2.18. The molecule has 1 saturated heterocycles. The molecule has 3 heterocycles. The number of ether oxygens (including phenoxy) is 1. The quantitative estimate of drug-likeness (QED) is 0.864. The van der Waals surface area contributed by atoms with Crippen molar-refractivity contribution in [3.8, 4) is 0 Å². The zero-order chi connectivity index (χ0) is 16.9. The van der Waals surface area contributed by atoms with Crippen LogP contribution in [0.5, 0.6) is 0 Å². The Hall–Kier alpha value is -2.19. The molecular weight excluding hydrogens is 328 g/mol. The van der Waals surface area contributed by atoms with E-state index in [9.17, 15) is 9.59 Å². The topological polar surface area (TPSA) is 76.5 Å². The van der Waals surface area contributed by atoms with Crippen LogP contribution in [0.1, 0.15) is 22.5 Å². The van der Waals surface area contributed by atoms with Crippen LogP contribution in [0, 0.1) is 0 Å². The summed E-state index contributed by atoms with van der Waals surface area (Å²) < 4.78 is 7.34. The third kappa shape index (κ3) is 4.21. The van der Waals surface area contributed by atoms with E-state index in [0.29, 0.717) is 17.1 Å². The summed E-state index contributed by atoms with van der Waals surface area (Å²) in [6, 6.07) is 3.56. The third-order valence-electron chi connectivity index (χ3n) is 3.79. The lowest BCUT2D eigenvalue weighted by atomic mass is 10.2. The van der Waals surface area contributed by atoms with Gasteiger partial charge in [-0.2, -0.15) is 5.10 Å². The minimum Gasteiger partial charge on any atom is -0.376 e. The normalized spacial score (nSPS) is 17.0. The molecule has 128 valence electrons. The first-order valence-electron chi connectivity index (χ1n) is 7.84. The van der Waals surface area contributed by atoms with Gasteiger partial charge < -0.3 is 15.0 Å². The number of hydrogen-bond donors (Lipinski definition) is 1. The summed E-state index contributed by atoms with van der Waals surface area (Å²) in [6.45, 7) is 1.49. The molecule has 8 heteroatoms. The molecule has 1 N–H and O–H groups in total. The zero-order valence-corrected chi connectivity index (χ0v) is 14.3. The molecule has 2 amide bonds. The van der Waals surface area contributed by atoms with Gasteiger partial charge in [0.1, 0.15) is 0 Å². The van der Waals surface area contributed by atoms with Crippen LogP contribution in [0.25, 0.3) is 0 Å². The Labute approximate surface area is 144 Å². The molecule has 3 rings (SSSR count). The van der Waals surface area contributed by atoms with Gasteiger partial charge in [-0.1, -0.05) is 6.07 Å². The van der Waals surface area contributed by atoms with Gasteiger partial charge in [0, 0.05) is 19.9 Å². The Morgan fingerprint density at radius 3 is 3.12 bits per heavy atom. The standard InChI is InChI=1S/C16H20N4O3S/c1-19(16(22)14-5-3-7-24-14)11-15(21)18-12-8-17-20(9-12)10-13-4-2-6-23-13/h3,5,7-9,13H,2,4,6,10-11H2,1H3,(H,18,21). The maximum Gasteiger partial charge on any atom is 0.264 e. The highest BCUT2D eigenvalue weighted by Crippen LogP contribution is 2.15. The van der Waals surface area contributed by atoms with E-state index < -0.39 is 0 Å². The van der Waals surface area contributed by atoms with Gasteiger partial charge in [0.15, 0.2) is 0 Å². The van der Waals surface area contributed by atoms with Crippen molar-refractivity contribution in [3.05, 3.63) is 34.8 Å². The number of rotatable bonds is 6. The summed E-state index contributed by atoms with van der Waals surface area (Å²) >= 11 is 1.36. The Kier molecular flexibility index (Phi) is 5.27. The first kappa shape index (κ1) is 16.7. The molecular formula is C16H20N4O3S. The molecule has 24 heavy (non-hydrogen) atoms. The van der Waals surface area contributed by atoms with E-state index in [4.69, 9.17) is 4.74 Å². The molecule has 0 bridgehead atoms. The second-order valence-corrected chi connectivity index (χ2v) is 6.72. The number of likely N-dealkylation sites (N-methyl/N-ethyl adjacent to an activating group) is 1. The number of anilines is 1. The molecule has 1 unspecified atom stereocenters. The zero-order valence-electron chi connectivity index (χ0n) is 13.5. The molecule has 1 aliphatic heterocycles. The number of carbonyl (C=O) groups excluding carboxylic acids is 2. The van der Waals surface area contributed by atoms with Gasteiger partial charge in [-0.15, -0.1) is 11.3 Å². The first-order valence-corrected chi connectivity index (χ1v) is 8.72. The first-order chi connectivity index (χ1) is 11.6. The van der Waals surface area contributed by atoms with E-state index in [-0.39, 0.29) is 24.5 Å². The Morgan fingerprint density at radius 2 is 2.42 bits per heavy atom. The number of amides is 2. The molecule has 0 aliphatic carbocycles. The predicted octanol–water partition coefficient (Wildman–Crippen LogP) is 1.83. The van der Waals surface area contributed by atoms with E-state index >= 15 is 0 Å². The minimum atomic E-state index is -0.251. The van der Waals surface area contributed by atoms with Gasteiger partial charge in [0.2, 0.25) is 5.91 Å². The molecule has 2 aromatic rings. The maximum absolute atomic E-state index is 12.1. The highest BCUT2D eigenvalue weighted by atomic mass is 32.1. The van der Waals surface area contributed by atoms with Crippen LogP contribution in [0.4, 0.5) is 5.69 Å². The van der Waals surface area contributed by atoms with Crippen molar-refractivity contribution in [2.24, 2.45) is 0 Å². The van der Waals surface area contributed by atoms with Crippen LogP contribution in [0.15, 0.2) is 29.9 Å². The number of thiophene rings is 1. The number of hydrogen-bond acceptors (Lipinski definition) is 5. The van der Waals surface area contributed by atoms with Gasteiger partial charge in [0.05, 0.1) is 36.0 Å². The van der Waals surface area contributed by atoms with Crippen molar-refractivity contribution in [2.75, 3.05) is 25.5 Å². The van der Waals surface area contributed by atoms with E-state index in [0.717, 1.165) is 19.4 Å². The van der Waals surface area contributed by atoms with Gasteiger partial charge >= 0.3 is 0 Å². The van der Waals surface area contributed by atoms with Crippen LogP contribution < -0.4 is 5.32 Å². The van der Waals surface area contributed by atoms with E-state index in [1.165, 1.54) is 16.2 Å². The van der Waals surface area contributed by atoms with Crippen LogP contribution in [0.3, 0.4) is 0 Å². The fraction of sp³-hybridized carbons (Fsp3) is 0.438. The summed E-state index contributed by atoms with van der Waals surface area (Å²) in [5.74, 6) is -0.409. The van der Waals surface area contributed by atoms with Crippen molar-refractivity contribution in [1.29, 1.82) is 0 Å². The lowest BCUT2D eigenvalue weighted by Crippen LogP contribution is -2.34. The van der Waals surface area contributed by atoms with Crippen LogP contribution in [0.2, 0.25) is 0 Å². The largest absolute Gasteiger partial charge is 0.376 e. The molecule has 7 nitrogen and oxygen atoms in total. The lowest BCUT2D eigenvalue weighted by molar-refractivity contribution is -0.116. The van der Waals surface area contributed by atoms with Crippen molar-refractivity contribution < 1.29 is 14.3 Å². The van der Waals surface area contributed by atoms with Gasteiger partial charge in [-0.3, -0.25) is 14.3 Å². The van der Waals surface area contributed by atoms with Crippen LogP contribution in [-0.2, 0) is 16.1 Å². The van der Waals surface area contributed by atoms with E-state index in [1.54, 1.807) is 30.2 Å². The number of aromatic nitrogens is 2. The maximum atomic E-state index is 12.1. The molecule has 1 aliphatic rings. The predicted molar refractivity (Wildman–Crippen MR) is 91.1 cm³/mol. The third-order valence-corrected chi connectivity index (χ3v) is 4.65. The molecule has 0 spiro atoms. The van der Waals surface area contributed by atoms with Gasteiger partial charge in [0.25, 0.3) is 5.91 Å². The summed E-state index contributed by atoms with van der Waals surface area (Å²) in [6.07, 6.45) is 5.70. The number of nitrogens with one attached hydrogen (secondary N) is 1. The van der Waals surface area contributed by atoms with Crippen LogP contribution >= 0.6 is 11.3 Å². The number of carbonyl (C=O) groups is 2. The summed E-state index contributed by atoms with van der Waals surface area (Å²) in [7, 11) is 1.61. The minimum absolute atomic E-state index is 0.00630. The molecule has 2 aromatic heterocycles. The van der Waals surface area contributed by atoms with Crippen molar-refractivity contribution in [3.63, 3.8) is 0 Å². The smallest absolute Gasteiger partial charge is 0.264 e. The molecule has 0 radical (unpaired) electrons. The molecule has 0 aromatic carbocycles. The molecule has 1 atom stereocenters. The van der Waals surface area contributed by atoms with Crippen molar-refractivity contribution >= 4 is 28.8 Å². The SMILES string of the molecule is CN(CC(=O)Nc1cnn(CC2CCCO2)c1)C(=O)c1cccs1. The summed E-state index contributed by atoms with van der Waals surface area (Å²) in [5, 5.41) is 8.83. The fourth-order valence-electron chi connectivity index (χ4n) is 2.60. The second-order valence-electron chi connectivity index (χ2n) is 5.77. The van der Waals surface area contributed by atoms with Crippen LogP contribution in [-0.4, -0.2) is 52.8 Å². The Morgan fingerprint density at radius 1 is 1.54 bits per heavy atom. The van der Waals surface area contributed by atoms with Crippen molar-refractivity contribution in [1.82, 2.24) is 14.7 Å². The summed E-state index contributed by atoms with van der Waals surface area (Å²) in [4.78, 5) is 26.2. The Balaban J connectivity index is 1.49. The molecule has 1 fully saturated rings. The lowest BCUT2D eigenvalue weighted by Gasteiger charge is -2.15. The number of nitrogens with zero attached hydrogens (tertiary/aromatic N) is 3. The molecule has 0 saturated carbocycles. The summed E-state index contributed by atoms with van der Waals surface area (Å²) in [5.41, 5.74) is 0.620. The Bertz CT molecular complexity index is 692. The van der Waals surface area contributed by atoms with Crippen molar-refractivity contribution in [2.45, 2.75) is 25.5 Å². The second kappa shape index (κ2) is 7.59. The average Bonchev–Trinajstić information content (AvgIpc) is 3.29. The van der Waals surface area contributed by atoms with E-state index in [1.807, 2.05) is 11.4 Å². The highest BCUT2D eigenvalue weighted by molar-refractivity contribution is 7.12. The van der Waals surface area contributed by atoms with Gasteiger partial charge in [-0.25, -0.2) is 0 Å². The van der Waals surface area contributed by atoms with Gasteiger partial charge in [-0.05, 0) is 24.3 Å². The average molecular weight is 348 g/mol. The fourth-order valence-corrected chi connectivity index (χ4v) is 3.32. The monoisotopic (exact) mass is 348 g/mol.